The number of hydrogen-bond donors (Lipinski definition) is 2. The highest BCUT2D eigenvalue weighted by Crippen LogP contribution is 2.01. The molecule has 82 valence electrons. The number of nitrogens with one attached hydrogen (secondary N) is 1. The van der Waals surface area contributed by atoms with Crippen LogP contribution in [0.5, 0.6) is 0 Å². The molecule has 0 aliphatic rings. The highest BCUT2D eigenvalue weighted by Gasteiger charge is 2.14. The van der Waals surface area contributed by atoms with E-state index in [2.05, 4.69) is 5.32 Å². The molecule has 0 aromatic rings. The van der Waals surface area contributed by atoms with Crippen LogP contribution in [0.2, 0.25) is 0 Å². The second kappa shape index (κ2) is 6.54. The van der Waals surface area contributed by atoms with E-state index < -0.39 is 0 Å². The number of amides is 1. The summed E-state index contributed by atoms with van der Waals surface area (Å²) in [5.74, 6) is 0.0273. The van der Waals surface area contributed by atoms with Crippen LogP contribution in [0.25, 0.3) is 0 Å². The summed E-state index contributed by atoms with van der Waals surface area (Å²) in [6.45, 7) is 5.24. The number of hydrogen-bond acceptors (Lipinski definition) is 3. The van der Waals surface area contributed by atoms with Crippen LogP contribution >= 0.6 is 0 Å². The summed E-state index contributed by atoms with van der Waals surface area (Å²) in [7, 11) is 0. The van der Waals surface area contributed by atoms with Crippen LogP contribution < -0.4 is 5.32 Å². The standard InChI is InChI=1S/C10H19NO3/c1-7(2)9(6-12)11-10(14)5-4-8(3)13/h7,9,12H,4-6H2,1-3H3,(H,11,14)/t9-/m1/s1. The first-order valence-corrected chi connectivity index (χ1v) is 4.87. The van der Waals surface area contributed by atoms with Crippen molar-refractivity contribution in [3.05, 3.63) is 0 Å². The van der Waals surface area contributed by atoms with Crippen LogP contribution in [0.4, 0.5) is 0 Å². The lowest BCUT2D eigenvalue weighted by Gasteiger charge is -2.19. The van der Waals surface area contributed by atoms with E-state index in [1.54, 1.807) is 0 Å². The van der Waals surface area contributed by atoms with E-state index in [4.69, 9.17) is 5.11 Å². The lowest BCUT2D eigenvalue weighted by molar-refractivity contribution is -0.125. The summed E-state index contributed by atoms with van der Waals surface area (Å²) < 4.78 is 0. The summed E-state index contributed by atoms with van der Waals surface area (Å²) in [5, 5.41) is 11.6. The van der Waals surface area contributed by atoms with Crippen molar-refractivity contribution in [2.45, 2.75) is 39.7 Å². The van der Waals surface area contributed by atoms with Gasteiger partial charge >= 0.3 is 0 Å². The molecule has 0 heterocycles. The number of rotatable bonds is 6. The summed E-state index contributed by atoms with van der Waals surface area (Å²) in [5.41, 5.74) is 0. The van der Waals surface area contributed by atoms with E-state index in [1.165, 1.54) is 6.92 Å². The van der Waals surface area contributed by atoms with E-state index >= 15 is 0 Å². The fourth-order valence-electron chi connectivity index (χ4n) is 0.992. The van der Waals surface area contributed by atoms with Crippen molar-refractivity contribution < 1.29 is 14.7 Å². The average molecular weight is 201 g/mol. The summed E-state index contributed by atoms with van der Waals surface area (Å²) in [6.07, 6.45) is 0.473. The van der Waals surface area contributed by atoms with Gasteiger partial charge in [0.15, 0.2) is 0 Å². The van der Waals surface area contributed by atoms with Gasteiger partial charge in [-0.3, -0.25) is 4.79 Å². The summed E-state index contributed by atoms with van der Waals surface area (Å²) in [4.78, 5) is 21.9. The van der Waals surface area contributed by atoms with Crippen LogP contribution in [0.15, 0.2) is 0 Å². The lowest BCUT2D eigenvalue weighted by Crippen LogP contribution is -2.41. The van der Waals surface area contributed by atoms with Crippen molar-refractivity contribution >= 4 is 11.7 Å². The Morgan fingerprint density at radius 1 is 1.29 bits per heavy atom. The first-order valence-electron chi connectivity index (χ1n) is 4.87. The van der Waals surface area contributed by atoms with Crippen molar-refractivity contribution in [3.8, 4) is 0 Å². The maximum absolute atomic E-state index is 11.2. The molecule has 0 saturated heterocycles. The predicted octanol–water partition coefficient (Wildman–Crippen LogP) is 0.489. The first-order chi connectivity index (χ1) is 6.47. The Balaban J connectivity index is 3.85. The molecule has 0 fully saturated rings. The Morgan fingerprint density at radius 3 is 2.21 bits per heavy atom. The molecule has 0 aliphatic heterocycles. The van der Waals surface area contributed by atoms with Crippen molar-refractivity contribution in [2.75, 3.05) is 6.61 Å². The lowest BCUT2D eigenvalue weighted by atomic mass is 10.1. The maximum atomic E-state index is 11.2. The minimum absolute atomic E-state index is 0.00486. The molecule has 1 atom stereocenters. The highest BCUT2D eigenvalue weighted by molar-refractivity contribution is 5.83. The third-order valence-electron chi connectivity index (χ3n) is 2.05. The number of ketones is 1. The zero-order chi connectivity index (χ0) is 11.1. The smallest absolute Gasteiger partial charge is 0.220 e. The second-order valence-corrected chi connectivity index (χ2v) is 3.80. The molecule has 0 aromatic heterocycles. The van der Waals surface area contributed by atoms with Gasteiger partial charge in [-0.1, -0.05) is 13.8 Å². The van der Waals surface area contributed by atoms with Gasteiger partial charge in [0.05, 0.1) is 12.6 Å². The van der Waals surface area contributed by atoms with E-state index in [0.717, 1.165) is 0 Å². The average Bonchev–Trinajstić information content (AvgIpc) is 2.10. The SMILES string of the molecule is CC(=O)CCC(=O)N[C@H](CO)C(C)C. The molecule has 0 unspecified atom stereocenters. The molecule has 0 bridgehead atoms. The Morgan fingerprint density at radius 2 is 1.86 bits per heavy atom. The van der Waals surface area contributed by atoms with Crippen molar-refractivity contribution in [1.82, 2.24) is 5.32 Å². The Hall–Kier alpha value is -0.900. The fourth-order valence-corrected chi connectivity index (χ4v) is 0.992. The van der Waals surface area contributed by atoms with E-state index in [0.29, 0.717) is 0 Å². The third-order valence-corrected chi connectivity index (χ3v) is 2.05. The van der Waals surface area contributed by atoms with Crippen LogP contribution in [0, 0.1) is 5.92 Å². The van der Waals surface area contributed by atoms with Gasteiger partial charge in [0, 0.05) is 12.8 Å². The number of Topliss-reactive ketones (excluding diaryl/α,β-unsaturated/α-hetero) is 1. The van der Waals surface area contributed by atoms with Crippen molar-refractivity contribution in [3.63, 3.8) is 0 Å². The fraction of sp³-hybridized carbons (Fsp3) is 0.800. The van der Waals surface area contributed by atoms with Gasteiger partial charge in [0.25, 0.3) is 0 Å². The molecular weight excluding hydrogens is 182 g/mol. The minimum Gasteiger partial charge on any atom is -0.394 e. The van der Waals surface area contributed by atoms with Crippen molar-refractivity contribution in [2.24, 2.45) is 5.92 Å². The Labute approximate surface area is 84.7 Å². The quantitative estimate of drug-likeness (QED) is 0.657. The van der Waals surface area contributed by atoms with Gasteiger partial charge in [-0.05, 0) is 12.8 Å². The molecule has 4 heteroatoms. The van der Waals surface area contributed by atoms with Crippen LogP contribution in [0.1, 0.15) is 33.6 Å². The monoisotopic (exact) mass is 201 g/mol. The Bertz CT molecular complexity index is 202. The van der Waals surface area contributed by atoms with Crippen LogP contribution in [-0.4, -0.2) is 29.4 Å². The number of carbonyl (C=O) groups is 2. The van der Waals surface area contributed by atoms with Crippen LogP contribution in [0.3, 0.4) is 0 Å². The summed E-state index contributed by atoms with van der Waals surface area (Å²) >= 11 is 0. The second-order valence-electron chi connectivity index (χ2n) is 3.80. The van der Waals surface area contributed by atoms with Gasteiger partial charge in [-0.15, -0.1) is 0 Å². The number of carbonyl (C=O) groups excluding carboxylic acids is 2. The van der Waals surface area contributed by atoms with Gasteiger partial charge in [0.1, 0.15) is 5.78 Å². The zero-order valence-electron chi connectivity index (χ0n) is 9.04. The normalized spacial score (nSPS) is 12.6. The topological polar surface area (TPSA) is 66.4 Å². The van der Waals surface area contributed by atoms with E-state index in [9.17, 15) is 9.59 Å². The molecule has 14 heavy (non-hydrogen) atoms. The van der Waals surface area contributed by atoms with Crippen LogP contribution in [-0.2, 0) is 9.59 Å². The number of aliphatic hydroxyl groups excluding tert-OH is 1. The molecule has 2 N–H and O–H groups in total. The van der Waals surface area contributed by atoms with Gasteiger partial charge in [0.2, 0.25) is 5.91 Å². The molecule has 0 radical (unpaired) electrons. The highest BCUT2D eigenvalue weighted by atomic mass is 16.3. The van der Waals surface area contributed by atoms with Crippen molar-refractivity contribution in [1.29, 1.82) is 0 Å². The van der Waals surface area contributed by atoms with E-state index in [-0.39, 0.29) is 43.1 Å². The van der Waals surface area contributed by atoms with E-state index in [1.807, 2.05) is 13.8 Å². The number of aliphatic hydroxyl groups is 1. The molecule has 0 aromatic carbocycles. The van der Waals surface area contributed by atoms with Gasteiger partial charge < -0.3 is 15.2 Å². The molecule has 4 nitrogen and oxygen atoms in total. The molecule has 0 rings (SSSR count). The zero-order valence-corrected chi connectivity index (χ0v) is 9.04. The third kappa shape index (κ3) is 5.70. The molecule has 0 saturated carbocycles. The largest absolute Gasteiger partial charge is 0.394 e. The first kappa shape index (κ1) is 13.1. The van der Waals surface area contributed by atoms with Gasteiger partial charge in [-0.25, -0.2) is 0 Å². The Kier molecular flexibility index (Phi) is 6.12. The van der Waals surface area contributed by atoms with Gasteiger partial charge in [-0.2, -0.15) is 0 Å². The maximum Gasteiger partial charge on any atom is 0.220 e. The minimum atomic E-state index is -0.213. The molecular formula is C10H19NO3. The summed E-state index contributed by atoms with van der Waals surface area (Å²) in [6, 6.07) is -0.213. The molecule has 1 amide bonds. The predicted molar refractivity (Wildman–Crippen MR) is 53.8 cm³/mol. The molecule has 0 aliphatic carbocycles. The molecule has 0 spiro atoms.